The van der Waals surface area contributed by atoms with Crippen LogP contribution >= 0.6 is 0 Å². The van der Waals surface area contributed by atoms with Gasteiger partial charge in [-0.25, -0.2) is 4.68 Å². The Hall–Kier alpha value is -2.59. The van der Waals surface area contributed by atoms with Crippen LogP contribution < -0.4 is 5.32 Å². The lowest BCUT2D eigenvalue weighted by molar-refractivity contribution is 0.446. The maximum absolute atomic E-state index is 9.58. The molecule has 1 aromatic heterocycles. The summed E-state index contributed by atoms with van der Waals surface area (Å²) in [4.78, 5) is 0. The SMILES string of the molecule is Oc1ccc(-c2cnn(-c3ccccc3)c2C2CCNCC2)cc1. The van der Waals surface area contributed by atoms with Crippen LogP contribution in [0.1, 0.15) is 24.5 Å². The Kier molecular flexibility index (Phi) is 4.05. The summed E-state index contributed by atoms with van der Waals surface area (Å²) >= 11 is 0. The van der Waals surface area contributed by atoms with Gasteiger partial charge in [0.2, 0.25) is 0 Å². The molecule has 2 aromatic carbocycles. The number of phenolic OH excluding ortho intramolecular Hbond substituents is 1. The number of aromatic hydroxyl groups is 1. The molecule has 0 saturated carbocycles. The lowest BCUT2D eigenvalue weighted by Crippen LogP contribution is -2.28. The predicted molar refractivity (Wildman–Crippen MR) is 95.5 cm³/mol. The summed E-state index contributed by atoms with van der Waals surface area (Å²) in [6.07, 6.45) is 4.18. The number of nitrogens with one attached hydrogen (secondary N) is 1. The van der Waals surface area contributed by atoms with E-state index in [4.69, 9.17) is 5.10 Å². The highest BCUT2D eigenvalue weighted by atomic mass is 16.3. The molecule has 1 aliphatic rings. The van der Waals surface area contributed by atoms with Crippen LogP contribution in [0.4, 0.5) is 0 Å². The highest BCUT2D eigenvalue weighted by Crippen LogP contribution is 2.35. The molecule has 0 radical (unpaired) electrons. The predicted octanol–water partition coefficient (Wildman–Crippen LogP) is 3.71. The summed E-state index contributed by atoms with van der Waals surface area (Å²) in [7, 11) is 0. The maximum Gasteiger partial charge on any atom is 0.115 e. The zero-order valence-corrected chi connectivity index (χ0v) is 13.5. The number of phenols is 1. The molecule has 0 unspecified atom stereocenters. The molecule has 4 nitrogen and oxygen atoms in total. The molecule has 2 heterocycles. The van der Waals surface area contributed by atoms with Crippen LogP contribution in [0, 0.1) is 0 Å². The third-order valence-corrected chi connectivity index (χ3v) is 4.71. The van der Waals surface area contributed by atoms with Crippen molar-refractivity contribution in [3.05, 3.63) is 66.5 Å². The van der Waals surface area contributed by atoms with Crippen LogP contribution in [0.15, 0.2) is 60.8 Å². The number of aromatic nitrogens is 2. The molecule has 0 spiro atoms. The minimum absolute atomic E-state index is 0.289. The molecule has 0 amide bonds. The van der Waals surface area contributed by atoms with Crippen molar-refractivity contribution in [3.63, 3.8) is 0 Å². The molecule has 0 bridgehead atoms. The lowest BCUT2D eigenvalue weighted by atomic mass is 9.90. The minimum Gasteiger partial charge on any atom is -0.508 e. The van der Waals surface area contributed by atoms with Crippen LogP contribution in [0.2, 0.25) is 0 Å². The van der Waals surface area contributed by atoms with Gasteiger partial charge in [0.05, 0.1) is 17.6 Å². The Morgan fingerprint density at radius 3 is 2.38 bits per heavy atom. The van der Waals surface area contributed by atoms with Gasteiger partial charge in [0.15, 0.2) is 0 Å². The topological polar surface area (TPSA) is 50.1 Å². The molecule has 122 valence electrons. The second-order valence-corrected chi connectivity index (χ2v) is 6.26. The van der Waals surface area contributed by atoms with Crippen LogP contribution in [-0.4, -0.2) is 28.0 Å². The zero-order valence-electron chi connectivity index (χ0n) is 13.5. The van der Waals surface area contributed by atoms with Crippen molar-refractivity contribution in [3.8, 4) is 22.6 Å². The van der Waals surface area contributed by atoms with Crippen molar-refractivity contribution in [2.45, 2.75) is 18.8 Å². The average Bonchev–Trinajstić information content (AvgIpc) is 3.09. The second-order valence-electron chi connectivity index (χ2n) is 6.26. The highest BCUT2D eigenvalue weighted by molar-refractivity contribution is 5.67. The summed E-state index contributed by atoms with van der Waals surface area (Å²) in [6, 6.07) is 17.7. The maximum atomic E-state index is 9.58. The number of hydrogen-bond acceptors (Lipinski definition) is 3. The number of nitrogens with zero attached hydrogens (tertiary/aromatic N) is 2. The van der Waals surface area contributed by atoms with E-state index < -0.39 is 0 Å². The molecular weight excluding hydrogens is 298 g/mol. The third kappa shape index (κ3) is 2.81. The number of hydrogen-bond donors (Lipinski definition) is 2. The van der Waals surface area contributed by atoms with E-state index in [1.807, 2.05) is 36.5 Å². The highest BCUT2D eigenvalue weighted by Gasteiger charge is 2.24. The minimum atomic E-state index is 0.289. The summed E-state index contributed by atoms with van der Waals surface area (Å²) in [5.74, 6) is 0.773. The number of piperidine rings is 1. The normalized spacial score (nSPS) is 15.5. The Bertz CT molecular complexity index is 803. The van der Waals surface area contributed by atoms with Gasteiger partial charge in [0.25, 0.3) is 0 Å². The molecule has 0 atom stereocenters. The van der Waals surface area contributed by atoms with Crippen LogP contribution in [0.5, 0.6) is 5.75 Å². The van der Waals surface area contributed by atoms with Crippen molar-refractivity contribution in [2.24, 2.45) is 0 Å². The Morgan fingerprint density at radius 1 is 0.958 bits per heavy atom. The Morgan fingerprint density at radius 2 is 1.67 bits per heavy atom. The molecule has 1 fully saturated rings. The number of benzene rings is 2. The number of para-hydroxylation sites is 1. The summed E-state index contributed by atoms with van der Waals surface area (Å²) in [5.41, 5.74) is 4.62. The second kappa shape index (κ2) is 6.49. The molecular formula is C20H21N3O. The fourth-order valence-electron chi connectivity index (χ4n) is 3.48. The van der Waals surface area contributed by atoms with Crippen LogP contribution in [-0.2, 0) is 0 Å². The lowest BCUT2D eigenvalue weighted by Gasteiger charge is -2.25. The van der Waals surface area contributed by atoms with Gasteiger partial charge in [0.1, 0.15) is 5.75 Å². The largest absolute Gasteiger partial charge is 0.508 e. The molecule has 0 aliphatic carbocycles. The molecule has 4 heteroatoms. The summed E-state index contributed by atoms with van der Waals surface area (Å²) in [6.45, 7) is 2.08. The van der Waals surface area contributed by atoms with Crippen molar-refractivity contribution >= 4 is 0 Å². The van der Waals surface area contributed by atoms with Gasteiger partial charge in [-0.3, -0.25) is 0 Å². The quantitative estimate of drug-likeness (QED) is 0.774. The van der Waals surface area contributed by atoms with Crippen LogP contribution in [0.25, 0.3) is 16.8 Å². The zero-order chi connectivity index (χ0) is 16.4. The first-order chi connectivity index (χ1) is 11.8. The smallest absolute Gasteiger partial charge is 0.115 e. The van der Waals surface area contributed by atoms with E-state index in [9.17, 15) is 5.11 Å². The monoisotopic (exact) mass is 319 g/mol. The van der Waals surface area contributed by atoms with Gasteiger partial charge >= 0.3 is 0 Å². The first-order valence-corrected chi connectivity index (χ1v) is 8.46. The van der Waals surface area contributed by atoms with Gasteiger partial charge in [0, 0.05) is 11.5 Å². The first-order valence-electron chi connectivity index (χ1n) is 8.46. The van der Waals surface area contributed by atoms with E-state index >= 15 is 0 Å². The van der Waals surface area contributed by atoms with Crippen molar-refractivity contribution in [2.75, 3.05) is 13.1 Å². The molecule has 3 aromatic rings. The third-order valence-electron chi connectivity index (χ3n) is 4.71. The number of rotatable bonds is 3. The molecule has 24 heavy (non-hydrogen) atoms. The summed E-state index contributed by atoms with van der Waals surface area (Å²) in [5, 5.41) is 17.7. The standard InChI is InChI=1S/C20H21N3O/c24-18-8-6-15(7-9-18)19-14-22-23(17-4-2-1-3-5-17)20(19)16-10-12-21-13-11-16/h1-9,14,16,21,24H,10-13H2. The van der Waals surface area contributed by atoms with E-state index in [1.54, 1.807) is 12.1 Å². The Balaban J connectivity index is 1.84. The fourth-order valence-corrected chi connectivity index (χ4v) is 3.48. The fraction of sp³-hybridized carbons (Fsp3) is 0.250. The van der Waals surface area contributed by atoms with E-state index in [0.29, 0.717) is 5.92 Å². The van der Waals surface area contributed by atoms with Gasteiger partial charge in [-0.05, 0) is 55.8 Å². The van der Waals surface area contributed by atoms with Gasteiger partial charge in [-0.1, -0.05) is 30.3 Å². The molecule has 1 saturated heterocycles. The van der Waals surface area contributed by atoms with Gasteiger partial charge in [-0.15, -0.1) is 0 Å². The molecule has 2 N–H and O–H groups in total. The van der Waals surface area contributed by atoms with Gasteiger partial charge in [-0.2, -0.15) is 5.10 Å². The van der Waals surface area contributed by atoms with Crippen molar-refractivity contribution in [1.29, 1.82) is 0 Å². The average molecular weight is 319 g/mol. The van der Waals surface area contributed by atoms with E-state index in [0.717, 1.165) is 42.7 Å². The molecule has 1 aliphatic heterocycles. The Labute approximate surface area is 141 Å². The van der Waals surface area contributed by atoms with E-state index in [1.165, 1.54) is 5.69 Å². The van der Waals surface area contributed by atoms with Gasteiger partial charge < -0.3 is 10.4 Å². The van der Waals surface area contributed by atoms with E-state index in [2.05, 4.69) is 22.1 Å². The van der Waals surface area contributed by atoms with Crippen molar-refractivity contribution < 1.29 is 5.11 Å². The van der Waals surface area contributed by atoms with Crippen LogP contribution in [0.3, 0.4) is 0 Å². The van der Waals surface area contributed by atoms with Crippen molar-refractivity contribution in [1.82, 2.24) is 15.1 Å². The first kappa shape index (κ1) is 15.0. The molecule has 4 rings (SSSR count). The summed E-state index contributed by atoms with van der Waals surface area (Å²) < 4.78 is 2.08. The van der Waals surface area contributed by atoms with E-state index in [-0.39, 0.29) is 5.75 Å².